The lowest BCUT2D eigenvalue weighted by Crippen LogP contribution is -2.24. The molecule has 4 aromatic rings. The Morgan fingerprint density at radius 2 is 2.00 bits per heavy atom. The molecule has 6 heteroatoms. The van der Waals surface area contributed by atoms with Gasteiger partial charge in [0, 0.05) is 23.8 Å². The van der Waals surface area contributed by atoms with E-state index in [1.807, 2.05) is 48.7 Å². The summed E-state index contributed by atoms with van der Waals surface area (Å²) in [4.78, 5) is 21.2. The molecule has 2 aromatic heterocycles. The largest absolute Gasteiger partial charge is 0.496 e. The number of imidazole rings is 1. The van der Waals surface area contributed by atoms with Crippen LogP contribution in [0.2, 0.25) is 0 Å². The standard InChI is InChI=1S/C25H24N4O2/c1-31-23-7-3-2-6-21(23)19-13-20(14-19)29-15-24(27-16-29)28-25(30)12-17-8-9-22-18(11-17)5-4-10-26-22/h2-11,15-16,19-20H,12-14H2,1H3,(H,28,30)/t19-,20+. The number of benzene rings is 2. The Labute approximate surface area is 180 Å². The van der Waals surface area contributed by atoms with Crippen LogP contribution in [0.5, 0.6) is 5.75 Å². The highest BCUT2D eigenvalue weighted by atomic mass is 16.5. The SMILES string of the molecule is COc1ccccc1[C@H]1C[C@@H](n2cnc(NC(=O)Cc3ccc4ncccc4c3)c2)C1. The van der Waals surface area contributed by atoms with E-state index in [-0.39, 0.29) is 5.91 Å². The van der Waals surface area contributed by atoms with E-state index in [9.17, 15) is 4.79 Å². The highest BCUT2D eigenvalue weighted by molar-refractivity contribution is 5.92. The van der Waals surface area contributed by atoms with E-state index >= 15 is 0 Å². The molecule has 1 N–H and O–H groups in total. The highest BCUT2D eigenvalue weighted by Gasteiger charge is 2.33. The average Bonchev–Trinajstić information content (AvgIpc) is 3.20. The zero-order valence-electron chi connectivity index (χ0n) is 17.4. The molecule has 1 saturated carbocycles. The predicted molar refractivity (Wildman–Crippen MR) is 120 cm³/mol. The van der Waals surface area contributed by atoms with E-state index in [4.69, 9.17) is 4.74 Å². The Morgan fingerprint density at radius 3 is 2.87 bits per heavy atom. The number of carbonyl (C=O) groups is 1. The lowest BCUT2D eigenvalue weighted by molar-refractivity contribution is -0.115. The maximum absolute atomic E-state index is 12.5. The molecule has 31 heavy (non-hydrogen) atoms. The summed E-state index contributed by atoms with van der Waals surface area (Å²) in [6, 6.07) is 18.4. The number of carbonyl (C=O) groups excluding carboxylic acids is 1. The highest BCUT2D eigenvalue weighted by Crippen LogP contribution is 2.47. The number of nitrogens with one attached hydrogen (secondary N) is 1. The second-order valence-electron chi connectivity index (χ2n) is 8.03. The number of aromatic nitrogens is 3. The van der Waals surface area contributed by atoms with Crippen molar-refractivity contribution in [1.82, 2.24) is 14.5 Å². The van der Waals surface area contributed by atoms with Crippen molar-refractivity contribution in [2.45, 2.75) is 31.2 Å². The fourth-order valence-electron chi connectivity index (χ4n) is 4.30. The molecule has 5 rings (SSSR count). The van der Waals surface area contributed by atoms with Gasteiger partial charge in [-0.05, 0) is 54.2 Å². The van der Waals surface area contributed by atoms with Crippen LogP contribution in [-0.2, 0) is 11.2 Å². The van der Waals surface area contributed by atoms with Crippen molar-refractivity contribution in [2.75, 3.05) is 12.4 Å². The number of anilines is 1. The molecule has 0 aliphatic heterocycles. The Morgan fingerprint density at radius 1 is 1.13 bits per heavy atom. The zero-order valence-corrected chi connectivity index (χ0v) is 17.4. The van der Waals surface area contributed by atoms with Gasteiger partial charge in [0.15, 0.2) is 5.82 Å². The lowest BCUT2D eigenvalue weighted by atomic mass is 9.75. The fourth-order valence-corrected chi connectivity index (χ4v) is 4.30. The minimum atomic E-state index is -0.0750. The normalized spacial score (nSPS) is 17.8. The van der Waals surface area contributed by atoms with Crippen LogP contribution in [0.25, 0.3) is 10.9 Å². The average molecular weight is 412 g/mol. The van der Waals surface area contributed by atoms with Gasteiger partial charge in [0.05, 0.1) is 25.4 Å². The van der Waals surface area contributed by atoms with Gasteiger partial charge in [0.25, 0.3) is 0 Å². The first-order valence-electron chi connectivity index (χ1n) is 10.5. The monoisotopic (exact) mass is 412 g/mol. The third-order valence-electron chi connectivity index (χ3n) is 6.01. The molecule has 6 nitrogen and oxygen atoms in total. The zero-order chi connectivity index (χ0) is 21.2. The Hall–Kier alpha value is -3.67. The van der Waals surface area contributed by atoms with Crippen molar-refractivity contribution in [3.63, 3.8) is 0 Å². The van der Waals surface area contributed by atoms with Gasteiger partial charge in [-0.15, -0.1) is 0 Å². The summed E-state index contributed by atoms with van der Waals surface area (Å²) in [5, 5.41) is 3.95. The van der Waals surface area contributed by atoms with Gasteiger partial charge in [-0.1, -0.05) is 30.3 Å². The van der Waals surface area contributed by atoms with Crippen LogP contribution in [0.3, 0.4) is 0 Å². The Balaban J connectivity index is 1.19. The fraction of sp³-hybridized carbons (Fsp3) is 0.240. The number of rotatable bonds is 6. The van der Waals surface area contributed by atoms with Gasteiger partial charge >= 0.3 is 0 Å². The van der Waals surface area contributed by atoms with Gasteiger partial charge in [0.2, 0.25) is 5.91 Å². The molecule has 0 unspecified atom stereocenters. The van der Waals surface area contributed by atoms with Crippen molar-refractivity contribution < 1.29 is 9.53 Å². The van der Waals surface area contributed by atoms with Crippen molar-refractivity contribution in [2.24, 2.45) is 0 Å². The van der Waals surface area contributed by atoms with Crippen LogP contribution < -0.4 is 10.1 Å². The van der Waals surface area contributed by atoms with Crippen molar-refractivity contribution in [1.29, 1.82) is 0 Å². The van der Waals surface area contributed by atoms with E-state index in [0.29, 0.717) is 24.2 Å². The summed E-state index contributed by atoms with van der Waals surface area (Å²) in [6.07, 6.45) is 7.87. The van der Waals surface area contributed by atoms with Gasteiger partial charge in [-0.2, -0.15) is 0 Å². The van der Waals surface area contributed by atoms with Crippen LogP contribution in [-0.4, -0.2) is 27.6 Å². The van der Waals surface area contributed by atoms with E-state index in [0.717, 1.165) is 35.1 Å². The minimum Gasteiger partial charge on any atom is -0.496 e. The van der Waals surface area contributed by atoms with E-state index < -0.39 is 0 Å². The number of hydrogen-bond acceptors (Lipinski definition) is 4. The Bertz CT molecular complexity index is 1230. The van der Waals surface area contributed by atoms with Crippen LogP contribution in [0.15, 0.2) is 73.3 Å². The van der Waals surface area contributed by atoms with Crippen LogP contribution >= 0.6 is 0 Å². The molecule has 1 fully saturated rings. The van der Waals surface area contributed by atoms with Gasteiger partial charge in [-0.3, -0.25) is 9.78 Å². The lowest BCUT2D eigenvalue weighted by Gasteiger charge is -2.37. The molecular weight excluding hydrogens is 388 g/mol. The van der Waals surface area contributed by atoms with E-state index in [2.05, 4.69) is 32.0 Å². The second kappa shape index (κ2) is 8.22. The minimum absolute atomic E-state index is 0.0750. The third kappa shape index (κ3) is 4.01. The third-order valence-corrected chi connectivity index (χ3v) is 6.01. The second-order valence-corrected chi connectivity index (χ2v) is 8.03. The molecule has 156 valence electrons. The van der Waals surface area contributed by atoms with Crippen molar-refractivity contribution >= 4 is 22.6 Å². The van der Waals surface area contributed by atoms with E-state index in [1.54, 1.807) is 19.6 Å². The number of ether oxygens (including phenoxy) is 1. The van der Waals surface area contributed by atoms with Gasteiger partial charge < -0.3 is 14.6 Å². The summed E-state index contributed by atoms with van der Waals surface area (Å²) >= 11 is 0. The van der Waals surface area contributed by atoms with Crippen LogP contribution in [0, 0.1) is 0 Å². The van der Waals surface area contributed by atoms with Gasteiger partial charge in [0.1, 0.15) is 5.75 Å². The predicted octanol–water partition coefficient (Wildman–Crippen LogP) is 4.74. The molecule has 0 bridgehead atoms. The van der Waals surface area contributed by atoms with Crippen molar-refractivity contribution in [3.05, 3.63) is 84.4 Å². The summed E-state index contributed by atoms with van der Waals surface area (Å²) in [5.74, 6) is 1.96. The smallest absolute Gasteiger partial charge is 0.229 e. The van der Waals surface area contributed by atoms with E-state index in [1.165, 1.54) is 5.56 Å². The number of para-hydroxylation sites is 1. The number of methoxy groups -OCH3 is 1. The first-order valence-corrected chi connectivity index (χ1v) is 10.5. The number of hydrogen-bond donors (Lipinski definition) is 1. The summed E-state index contributed by atoms with van der Waals surface area (Å²) in [5.41, 5.74) is 3.15. The number of nitrogens with zero attached hydrogens (tertiary/aromatic N) is 3. The number of fused-ring (bicyclic) bond motifs is 1. The van der Waals surface area contributed by atoms with Gasteiger partial charge in [-0.25, -0.2) is 4.98 Å². The van der Waals surface area contributed by atoms with Crippen LogP contribution in [0.1, 0.15) is 35.9 Å². The van der Waals surface area contributed by atoms with Crippen LogP contribution in [0.4, 0.5) is 5.82 Å². The summed E-state index contributed by atoms with van der Waals surface area (Å²) in [7, 11) is 1.72. The summed E-state index contributed by atoms with van der Waals surface area (Å²) in [6.45, 7) is 0. The first kappa shape index (κ1) is 19.3. The molecule has 1 aliphatic rings. The topological polar surface area (TPSA) is 69.0 Å². The molecular formula is C25H24N4O2. The Kier molecular flexibility index (Phi) is 5.12. The maximum atomic E-state index is 12.5. The molecule has 0 saturated heterocycles. The molecule has 0 radical (unpaired) electrons. The maximum Gasteiger partial charge on any atom is 0.229 e. The molecule has 0 atom stereocenters. The molecule has 2 heterocycles. The molecule has 1 aliphatic carbocycles. The van der Waals surface area contributed by atoms with Crippen molar-refractivity contribution in [3.8, 4) is 5.75 Å². The first-order chi connectivity index (χ1) is 15.2. The molecule has 2 aromatic carbocycles. The quantitative estimate of drug-likeness (QED) is 0.497. The number of pyridine rings is 1. The molecule has 0 spiro atoms. The number of amides is 1. The molecule has 1 amide bonds. The summed E-state index contributed by atoms with van der Waals surface area (Å²) < 4.78 is 7.59.